The van der Waals surface area contributed by atoms with Crippen molar-refractivity contribution in [3.8, 4) is 0 Å². The highest BCUT2D eigenvalue weighted by atomic mass is 19.4. The maximum absolute atomic E-state index is 12.6. The topological polar surface area (TPSA) is 47.8 Å². The summed E-state index contributed by atoms with van der Waals surface area (Å²) < 4.78 is 38.5. The summed E-state index contributed by atoms with van der Waals surface area (Å²) in [6, 6.07) is 3.49. The van der Waals surface area contributed by atoms with Crippen molar-refractivity contribution in [2.75, 3.05) is 0 Å². The molecule has 1 aromatic carbocycles. The second-order valence-corrected chi connectivity index (χ2v) is 3.19. The van der Waals surface area contributed by atoms with Crippen LogP contribution in [0.3, 0.4) is 0 Å². The lowest BCUT2D eigenvalue weighted by Crippen LogP contribution is -2.08. The van der Waals surface area contributed by atoms with E-state index in [2.05, 4.69) is 10.3 Å². The zero-order valence-electron chi connectivity index (χ0n) is 8.12. The molecule has 16 heavy (non-hydrogen) atoms. The largest absolute Gasteiger partial charge is 0.418 e. The number of hydrogen-bond donors (Lipinski definition) is 0. The van der Waals surface area contributed by atoms with Crippen molar-refractivity contribution in [3.05, 3.63) is 23.8 Å². The third kappa shape index (κ3) is 1.54. The average molecular weight is 229 g/mol. The van der Waals surface area contributed by atoms with E-state index in [0.717, 1.165) is 10.7 Å². The summed E-state index contributed by atoms with van der Waals surface area (Å²) in [6.07, 6.45) is -4.50. The van der Waals surface area contributed by atoms with Crippen molar-refractivity contribution in [2.24, 2.45) is 0 Å². The van der Waals surface area contributed by atoms with Gasteiger partial charge in [0.25, 0.3) is 0 Å². The minimum Gasteiger partial charge on any atom is -0.273 e. The standard InChI is InChI=1S/C9H6F3N3O/c1-5(16)15-7-4-2-3-6(9(10,11)12)8(7)13-14-15/h2-4H,1H3. The zero-order valence-corrected chi connectivity index (χ0v) is 8.12. The quantitative estimate of drug-likeness (QED) is 0.695. The number of carbonyl (C=O) groups is 1. The van der Waals surface area contributed by atoms with Crippen LogP contribution in [-0.4, -0.2) is 20.9 Å². The summed E-state index contributed by atoms with van der Waals surface area (Å²) in [4.78, 5) is 11.1. The molecule has 0 fully saturated rings. The van der Waals surface area contributed by atoms with E-state index < -0.39 is 17.6 Å². The molecule has 0 unspecified atom stereocenters. The van der Waals surface area contributed by atoms with Crippen LogP contribution in [0.4, 0.5) is 13.2 Å². The first-order valence-electron chi connectivity index (χ1n) is 4.34. The maximum Gasteiger partial charge on any atom is 0.418 e. The van der Waals surface area contributed by atoms with Gasteiger partial charge in [-0.2, -0.15) is 17.9 Å². The number of nitrogens with zero attached hydrogens (tertiary/aromatic N) is 3. The molecule has 0 amide bonds. The van der Waals surface area contributed by atoms with Gasteiger partial charge in [0.05, 0.1) is 11.1 Å². The normalized spacial score (nSPS) is 12.0. The molecule has 0 spiro atoms. The fourth-order valence-electron chi connectivity index (χ4n) is 1.41. The van der Waals surface area contributed by atoms with E-state index in [1.807, 2.05) is 0 Å². The number of rotatable bonds is 0. The molecule has 7 heteroatoms. The van der Waals surface area contributed by atoms with E-state index in [4.69, 9.17) is 0 Å². The van der Waals surface area contributed by atoms with Gasteiger partial charge in [-0.15, -0.1) is 5.10 Å². The van der Waals surface area contributed by atoms with Gasteiger partial charge >= 0.3 is 6.18 Å². The van der Waals surface area contributed by atoms with Crippen LogP contribution in [0.1, 0.15) is 17.3 Å². The number of carbonyl (C=O) groups excluding carboxylic acids is 1. The molecular weight excluding hydrogens is 223 g/mol. The summed E-state index contributed by atoms with van der Waals surface area (Å²) >= 11 is 0. The number of hydrogen-bond acceptors (Lipinski definition) is 3. The molecule has 0 aliphatic rings. The molecule has 0 N–H and O–H groups in total. The Morgan fingerprint density at radius 1 is 1.38 bits per heavy atom. The molecule has 1 aromatic heterocycles. The molecule has 0 saturated heterocycles. The fraction of sp³-hybridized carbons (Fsp3) is 0.222. The van der Waals surface area contributed by atoms with Gasteiger partial charge in [0.1, 0.15) is 5.52 Å². The molecule has 0 atom stereocenters. The Labute approximate surface area is 87.7 Å². The van der Waals surface area contributed by atoms with Gasteiger partial charge < -0.3 is 0 Å². The van der Waals surface area contributed by atoms with Crippen molar-refractivity contribution < 1.29 is 18.0 Å². The SMILES string of the molecule is CC(=O)n1nnc2c(C(F)(F)F)cccc21. The molecule has 0 aliphatic carbocycles. The van der Waals surface area contributed by atoms with Crippen LogP contribution in [0.15, 0.2) is 18.2 Å². The molecule has 2 aromatic rings. The van der Waals surface area contributed by atoms with Gasteiger partial charge in [-0.1, -0.05) is 11.3 Å². The van der Waals surface area contributed by atoms with Gasteiger partial charge in [-0.3, -0.25) is 4.79 Å². The number of alkyl halides is 3. The Hall–Kier alpha value is -1.92. The maximum atomic E-state index is 12.6. The summed E-state index contributed by atoms with van der Waals surface area (Å²) in [7, 11) is 0. The van der Waals surface area contributed by atoms with E-state index in [9.17, 15) is 18.0 Å². The summed E-state index contributed by atoms with van der Waals surface area (Å²) in [5.41, 5.74) is -1.15. The molecule has 0 saturated carbocycles. The van der Waals surface area contributed by atoms with E-state index in [-0.39, 0.29) is 11.0 Å². The van der Waals surface area contributed by atoms with Gasteiger partial charge in [-0.25, -0.2) is 0 Å². The van der Waals surface area contributed by atoms with Gasteiger partial charge in [0.2, 0.25) is 5.91 Å². The lowest BCUT2D eigenvalue weighted by atomic mass is 10.2. The first-order chi connectivity index (χ1) is 7.41. The lowest BCUT2D eigenvalue weighted by molar-refractivity contribution is -0.136. The summed E-state index contributed by atoms with van der Waals surface area (Å²) in [5, 5.41) is 6.76. The Balaban J connectivity index is 2.77. The van der Waals surface area contributed by atoms with Crippen LogP contribution >= 0.6 is 0 Å². The van der Waals surface area contributed by atoms with Crippen molar-refractivity contribution in [1.29, 1.82) is 0 Å². The van der Waals surface area contributed by atoms with Crippen LogP contribution in [0.25, 0.3) is 11.0 Å². The highest BCUT2D eigenvalue weighted by Gasteiger charge is 2.34. The van der Waals surface area contributed by atoms with Crippen molar-refractivity contribution >= 4 is 16.9 Å². The van der Waals surface area contributed by atoms with Crippen LogP contribution in [0, 0.1) is 0 Å². The second kappa shape index (κ2) is 3.29. The van der Waals surface area contributed by atoms with Crippen molar-refractivity contribution in [1.82, 2.24) is 15.0 Å². The Bertz CT molecular complexity index is 559. The molecule has 1 heterocycles. The highest BCUT2D eigenvalue weighted by Crippen LogP contribution is 2.33. The Morgan fingerprint density at radius 2 is 2.06 bits per heavy atom. The van der Waals surface area contributed by atoms with E-state index in [1.54, 1.807) is 0 Å². The Kier molecular flexibility index (Phi) is 2.18. The number of halogens is 3. The van der Waals surface area contributed by atoms with Crippen LogP contribution in [0.2, 0.25) is 0 Å². The summed E-state index contributed by atoms with van der Waals surface area (Å²) in [6.45, 7) is 1.20. The van der Waals surface area contributed by atoms with E-state index in [1.165, 1.54) is 19.1 Å². The van der Waals surface area contributed by atoms with E-state index >= 15 is 0 Å². The van der Waals surface area contributed by atoms with Crippen molar-refractivity contribution in [3.63, 3.8) is 0 Å². The molecule has 0 aliphatic heterocycles. The van der Waals surface area contributed by atoms with Crippen LogP contribution < -0.4 is 0 Å². The number of benzene rings is 1. The first kappa shape index (κ1) is 10.6. The lowest BCUT2D eigenvalue weighted by Gasteiger charge is -2.06. The minimum atomic E-state index is -4.50. The zero-order chi connectivity index (χ0) is 11.9. The molecule has 2 rings (SSSR count). The van der Waals surface area contributed by atoms with E-state index in [0.29, 0.717) is 0 Å². The average Bonchev–Trinajstić information content (AvgIpc) is 2.58. The molecule has 0 radical (unpaired) electrons. The van der Waals surface area contributed by atoms with Gasteiger partial charge in [0, 0.05) is 6.92 Å². The third-order valence-corrected chi connectivity index (χ3v) is 2.08. The first-order valence-corrected chi connectivity index (χ1v) is 4.34. The molecule has 0 bridgehead atoms. The third-order valence-electron chi connectivity index (χ3n) is 2.08. The predicted octanol–water partition coefficient (Wildman–Crippen LogP) is 2.11. The molecule has 84 valence electrons. The Morgan fingerprint density at radius 3 is 2.62 bits per heavy atom. The number of fused-ring (bicyclic) bond motifs is 1. The minimum absolute atomic E-state index is 0.0577. The summed E-state index contributed by atoms with van der Waals surface area (Å²) in [5.74, 6) is -0.484. The number of aromatic nitrogens is 3. The fourth-order valence-corrected chi connectivity index (χ4v) is 1.41. The molecular formula is C9H6F3N3O. The van der Waals surface area contributed by atoms with Gasteiger partial charge in [-0.05, 0) is 12.1 Å². The van der Waals surface area contributed by atoms with Crippen LogP contribution in [0.5, 0.6) is 0 Å². The molecule has 4 nitrogen and oxygen atoms in total. The predicted molar refractivity (Wildman–Crippen MR) is 48.8 cm³/mol. The van der Waals surface area contributed by atoms with Gasteiger partial charge in [0.15, 0.2) is 0 Å². The smallest absolute Gasteiger partial charge is 0.273 e. The second-order valence-electron chi connectivity index (χ2n) is 3.19. The van der Waals surface area contributed by atoms with Crippen LogP contribution in [-0.2, 0) is 6.18 Å². The monoisotopic (exact) mass is 229 g/mol. The highest BCUT2D eigenvalue weighted by molar-refractivity contribution is 5.89. The van der Waals surface area contributed by atoms with Crippen molar-refractivity contribution in [2.45, 2.75) is 13.1 Å².